The number of hydrogen-bond acceptors (Lipinski definition) is 8. The number of rotatable bonds is 11. The van der Waals surface area contributed by atoms with Gasteiger partial charge < -0.3 is 10.5 Å². The predicted octanol–water partition coefficient (Wildman–Crippen LogP) is 3.03. The third-order valence-corrected chi connectivity index (χ3v) is 5.53. The summed E-state index contributed by atoms with van der Waals surface area (Å²) in [5, 5.41) is 16.2. The van der Waals surface area contributed by atoms with E-state index in [-0.39, 0.29) is 22.8 Å². The molecule has 0 saturated carbocycles. The summed E-state index contributed by atoms with van der Waals surface area (Å²) in [6, 6.07) is 0. The molecule has 0 amide bonds. The smallest absolute Gasteiger partial charge is 0.203 e. The standard InChI is InChI=1S/C23H39N7O3/c1-20(2,3)18(31)17-15-30(28-26-17)21(4,5)11-13-33-22(6,7)10-12-29-14-16(25-27-29)19(32)23(8,9)24/h14-15H,10-13,24H2,1-9H3. The minimum atomic E-state index is -0.985. The summed E-state index contributed by atoms with van der Waals surface area (Å²) in [6.07, 6.45) is 4.71. The van der Waals surface area contributed by atoms with Crippen molar-refractivity contribution in [2.75, 3.05) is 6.61 Å². The maximum atomic E-state index is 12.5. The molecule has 0 bridgehead atoms. The van der Waals surface area contributed by atoms with Gasteiger partial charge in [-0.1, -0.05) is 31.2 Å². The maximum absolute atomic E-state index is 12.5. The Balaban J connectivity index is 1.89. The maximum Gasteiger partial charge on any atom is 0.203 e. The van der Waals surface area contributed by atoms with E-state index >= 15 is 0 Å². The Morgan fingerprint density at radius 1 is 0.879 bits per heavy atom. The highest BCUT2D eigenvalue weighted by atomic mass is 16.5. The average molecular weight is 462 g/mol. The highest BCUT2D eigenvalue weighted by Crippen LogP contribution is 2.24. The molecule has 2 aromatic rings. The number of hydrogen-bond donors (Lipinski definition) is 1. The molecule has 0 aliphatic heterocycles. The number of ketones is 2. The van der Waals surface area contributed by atoms with Crippen molar-refractivity contribution in [1.82, 2.24) is 30.0 Å². The van der Waals surface area contributed by atoms with Crippen LogP contribution in [-0.4, -0.2) is 59.3 Å². The van der Waals surface area contributed by atoms with Crippen molar-refractivity contribution in [2.24, 2.45) is 11.1 Å². The van der Waals surface area contributed by atoms with Crippen molar-refractivity contribution in [1.29, 1.82) is 0 Å². The fourth-order valence-electron chi connectivity index (χ4n) is 3.04. The largest absolute Gasteiger partial charge is 0.375 e. The minimum Gasteiger partial charge on any atom is -0.375 e. The van der Waals surface area contributed by atoms with Crippen molar-refractivity contribution in [3.8, 4) is 0 Å². The van der Waals surface area contributed by atoms with Gasteiger partial charge in [0.1, 0.15) is 5.69 Å². The second-order valence-electron chi connectivity index (χ2n) is 11.5. The molecular weight excluding hydrogens is 422 g/mol. The van der Waals surface area contributed by atoms with Gasteiger partial charge in [0, 0.05) is 18.6 Å². The lowest BCUT2D eigenvalue weighted by Crippen LogP contribution is -2.41. The van der Waals surface area contributed by atoms with Crippen LogP contribution in [0.5, 0.6) is 0 Å². The summed E-state index contributed by atoms with van der Waals surface area (Å²) in [5.74, 6) is -0.276. The molecule has 0 fully saturated rings. The number of nitrogens with two attached hydrogens (primary N) is 1. The van der Waals surface area contributed by atoms with Crippen molar-refractivity contribution < 1.29 is 14.3 Å². The number of carbonyl (C=O) groups is 2. The van der Waals surface area contributed by atoms with Gasteiger partial charge >= 0.3 is 0 Å². The fourth-order valence-corrected chi connectivity index (χ4v) is 3.04. The first-order valence-electron chi connectivity index (χ1n) is 11.3. The van der Waals surface area contributed by atoms with E-state index < -0.39 is 16.6 Å². The van der Waals surface area contributed by atoms with Gasteiger partial charge in [-0.25, -0.2) is 4.68 Å². The highest BCUT2D eigenvalue weighted by Gasteiger charge is 2.30. The SMILES string of the molecule is CC(C)(CCn1cc(C(=O)C(C)(C)N)nn1)OCCC(C)(C)n1cc(C(=O)C(C)(C)C)nn1. The molecule has 2 rings (SSSR count). The molecule has 2 aromatic heterocycles. The van der Waals surface area contributed by atoms with Crippen LogP contribution in [-0.2, 0) is 16.8 Å². The van der Waals surface area contributed by atoms with Gasteiger partial charge in [0.2, 0.25) is 5.78 Å². The molecule has 0 spiro atoms. The Morgan fingerprint density at radius 2 is 1.45 bits per heavy atom. The predicted molar refractivity (Wildman–Crippen MR) is 125 cm³/mol. The van der Waals surface area contributed by atoms with Gasteiger partial charge in [-0.15, -0.1) is 10.2 Å². The van der Waals surface area contributed by atoms with Gasteiger partial charge in [0.15, 0.2) is 11.5 Å². The second-order valence-corrected chi connectivity index (χ2v) is 11.5. The van der Waals surface area contributed by atoms with Gasteiger partial charge in [0.25, 0.3) is 0 Å². The molecule has 0 saturated heterocycles. The van der Waals surface area contributed by atoms with Crippen LogP contribution in [0.25, 0.3) is 0 Å². The summed E-state index contributed by atoms with van der Waals surface area (Å²) < 4.78 is 9.52. The Kier molecular flexibility index (Phi) is 7.65. The summed E-state index contributed by atoms with van der Waals surface area (Å²) in [5.41, 5.74) is 4.24. The van der Waals surface area contributed by atoms with E-state index in [1.807, 2.05) is 48.5 Å². The highest BCUT2D eigenvalue weighted by molar-refractivity contribution is 6.00. The first-order chi connectivity index (χ1) is 14.9. The average Bonchev–Trinajstić information content (AvgIpc) is 3.33. The molecule has 0 unspecified atom stereocenters. The molecule has 10 heteroatoms. The van der Waals surface area contributed by atoms with Crippen LogP contribution < -0.4 is 5.73 Å². The Morgan fingerprint density at radius 3 is 2.03 bits per heavy atom. The number of ether oxygens (including phenoxy) is 1. The first kappa shape index (κ1) is 26.8. The fraction of sp³-hybridized carbons (Fsp3) is 0.739. The van der Waals surface area contributed by atoms with Crippen LogP contribution in [0.2, 0.25) is 0 Å². The summed E-state index contributed by atoms with van der Waals surface area (Å²) in [6.45, 7) is 18.1. The molecule has 184 valence electrons. The second kappa shape index (κ2) is 9.42. The number of carbonyl (C=O) groups excluding carboxylic acids is 2. The van der Waals surface area contributed by atoms with E-state index in [2.05, 4.69) is 20.6 Å². The molecule has 2 N–H and O–H groups in total. The van der Waals surface area contributed by atoms with Crippen molar-refractivity contribution in [3.05, 3.63) is 23.8 Å². The van der Waals surface area contributed by atoms with Gasteiger partial charge in [0.05, 0.1) is 29.1 Å². The van der Waals surface area contributed by atoms with Gasteiger partial charge in [-0.05, 0) is 54.4 Å². The van der Waals surface area contributed by atoms with E-state index in [9.17, 15) is 9.59 Å². The summed E-state index contributed by atoms with van der Waals surface area (Å²) in [7, 11) is 0. The zero-order valence-electron chi connectivity index (χ0n) is 21.5. The van der Waals surface area contributed by atoms with Crippen molar-refractivity contribution in [3.63, 3.8) is 0 Å². The van der Waals surface area contributed by atoms with Crippen LogP contribution in [0, 0.1) is 5.41 Å². The van der Waals surface area contributed by atoms with Crippen LogP contribution in [0.15, 0.2) is 12.4 Å². The van der Waals surface area contributed by atoms with Crippen LogP contribution in [0.1, 0.15) is 96.1 Å². The quantitative estimate of drug-likeness (QED) is 0.505. The van der Waals surface area contributed by atoms with Gasteiger partial charge in [-0.2, -0.15) is 0 Å². The number of nitrogens with zero attached hydrogens (tertiary/aromatic N) is 6. The lowest BCUT2D eigenvalue weighted by atomic mass is 9.89. The van der Waals surface area contributed by atoms with Crippen LogP contribution in [0.3, 0.4) is 0 Å². The zero-order chi connectivity index (χ0) is 25.2. The Bertz CT molecular complexity index is 975. The van der Waals surface area contributed by atoms with E-state index in [0.29, 0.717) is 31.7 Å². The molecular formula is C23H39N7O3. The minimum absolute atomic E-state index is 0.0325. The van der Waals surface area contributed by atoms with Crippen molar-refractivity contribution >= 4 is 11.6 Å². The topological polar surface area (TPSA) is 131 Å². The van der Waals surface area contributed by atoms with Crippen LogP contribution in [0.4, 0.5) is 0 Å². The lowest BCUT2D eigenvalue weighted by Gasteiger charge is -2.29. The zero-order valence-corrected chi connectivity index (χ0v) is 21.5. The lowest BCUT2D eigenvalue weighted by molar-refractivity contribution is -0.0370. The monoisotopic (exact) mass is 461 g/mol. The number of aryl methyl sites for hydroxylation is 1. The molecule has 2 heterocycles. The summed E-state index contributed by atoms with van der Waals surface area (Å²) in [4.78, 5) is 24.7. The first-order valence-corrected chi connectivity index (χ1v) is 11.3. The molecule has 0 aliphatic rings. The van der Waals surface area contributed by atoms with Crippen LogP contribution >= 0.6 is 0 Å². The Labute approximate surface area is 196 Å². The number of Topliss-reactive ketones (excluding diaryl/α,β-unsaturated/α-hetero) is 2. The van der Waals surface area contributed by atoms with Gasteiger partial charge in [-0.3, -0.25) is 14.3 Å². The third-order valence-electron chi connectivity index (χ3n) is 5.53. The van der Waals surface area contributed by atoms with Crippen molar-refractivity contribution in [2.45, 2.75) is 98.4 Å². The molecule has 10 nitrogen and oxygen atoms in total. The molecule has 0 aliphatic carbocycles. The van der Waals surface area contributed by atoms with E-state index in [0.717, 1.165) is 0 Å². The van der Waals surface area contributed by atoms with E-state index in [1.54, 1.807) is 35.6 Å². The normalized spacial score (nSPS) is 13.4. The van der Waals surface area contributed by atoms with E-state index in [1.165, 1.54) is 0 Å². The molecule has 0 radical (unpaired) electrons. The third kappa shape index (κ3) is 7.26. The summed E-state index contributed by atoms with van der Waals surface area (Å²) >= 11 is 0. The van der Waals surface area contributed by atoms with E-state index in [4.69, 9.17) is 10.5 Å². The molecule has 0 atom stereocenters. The molecule has 33 heavy (non-hydrogen) atoms. The number of aromatic nitrogens is 6. The Hall–Kier alpha value is -2.46. The molecule has 0 aromatic carbocycles.